The van der Waals surface area contributed by atoms with Gasteiger partial charge in [0, 0.05) is 0 Å². The first-order valence-electron chi connectivity index (χ1n) is 14.2. The first kappa shape index (κ1) is 28.7. The summed E-state index contributed by atoms with van der Waals surface area (Å²) >= 11 is 0. The maximum atomic E-state index is 14.7. The SMILES string of the molecule is CCCCCC1CCC(C2CCC(c3ccc(C(F)(F)Oc4ccc(OC(F)(F)F)cc4)cc3)CC2)CC1. The Kier molecular flexibility index (Phi) is 9.59. The van der Waals surface area contributed by atoms with Gasteiger partial charge in [0.05, 0.1) is 5.56 Å². The number of benzene rings is 2. The predicted octanol–water partition coefficient (Wildman–Crippen LogP) is 10.4. The third kappa shape index (κ3) is 8.09. The summed E-state index contributed by atoms with van der Waals surface area (Å²) in [4.78, 5) is 0. The van der Waals surface area contributed by atoms with Crippen molar-refractivity contribution in [2.24, 2.45) is 17.8 Å². The third-order valence-corrected chi connectivity index (χ3v) is 8.57. The van der Waals surface area contributed by atoms with Gasteiger partial charge in [0.15, 0.2) is 0 Å². The van der Waals surface area contributed by atoms with Crippen LogP contribution in [0.15, 0.2) is 48.5 Å². The van der Waals surface area contributed by atoms with E-state index in [1.807, 2.05) is 0 Å². The Morgan fingerprint density at radius 1 is 0.658 bits per heavy atom. The summed E-state index contributed by atoms with van der Waals surface area (Å²) in [7, 11) is 0. The van der Waals surface area contributed by atoms with Gasteiger partial charge in [-0.2, -0.15) is 8.78 Å². The molecule has 0 aliphatic heterocycles. The molecule has 0 N–H and O–H groups in total. The van der Waals surface area contributed by atoms with Gasteiger partial charge in [-0.1, -0.05) is 57.6 Å². The van der Waals surface area contributed by atoms with Gasteiger partial charge in [-0.3, -0.25) is 0 Å². The molecule has 2 nitrogen and oxygen atoms in total. The Labute approximate surface area is 222 Å². The van der Waals surface area contributed by atoms with Crippen molar-refractivity contribution in [3.8, 4) is 11.5 Å². The number of hydrogen-bond donors (Lipinski definition) is 0. The second kappa shape index (κ2) is 12.7. The molecule has 0 heterocycles. The number of ether oxygens (including phenoxy) is 2. The van der Waals surface area contributed by atoms with Crippen molar-refractivity contribution in [2.75, 3.05) is 0 Å². The molecule has 2 fully saturated rings. The predicted molar refractivity (Wildman–Crippen MR) is 138 cm³/mol. The van der Waals surface area contributed by atoms with Crippen LogP contribution in [-0.2, 0) is 6.11 Å². The van der Waals surface area contributed by atoms with Crippen LogP contribution in [0.3, 0.4) is 0 Å². The van der Waals surface area contributed by atoms with E-state index >= 15 is 0 Å². The van der Waals surface area contributed by atoms with E-state index in [1.165, 1.54) is 76.3 Å². The molecule has 7 heteroatoms. The molecule has 0 amide bonds. The average molecular weight is 539 g/mol. The summed E-state index contributed by atoms with van der Waals surface area (Å²) in [5, 5.41) is 0. The topological polar surface area (TPSA) is 18.5 Å². The van der Waals surface area contributed by atoms with E-state index in [1.54, 1.807) is 12.1 Å². The standard InChI is InChI=1S/C31H39F5O2/c1-2-3-4-5-22-6-8-23(9-7-22)24-10-12-25(13-11-24)26-14-16-27(17-15-26)30(32,33)37-28-18-20-29(21-19-28)38-31(34,35)36/h14-25H,2-13H2,1H3. The molecule has 38 heavy (non-hydrogen) atoms. The molecule has 0 radical (unpaired) electrons. The van der Waals surface area contributed by atoms with Crippen LogP contribution in [0.25, 0.3) is 0 Å². The largest absolute Gasteiger partial charge is 0.573 e. The second-order valence-electron chi connectivity index (χ2n) is 11.1. The molecule has 4 rings (SSSR count). The third-order valence-electron chi connectivity index (χ3n) is 8.57. The van der Waals surface area contributed by atoms with Crippen LogP contribution in [0, 0.1) is 17.8 Å². The highest BCUT2D eigenvalue weighted by Crippen LogP contribution is 2.45. The fourth-order valence-electron chi connectivity index (χ4n) is 6.42. The molecule has 0 aromatic heterocycles. The minimum atomic E-state index is -4.85. The van der Waals surface area contributed by atoms with E-state index in [-0.39, 0.29) is 11.3 Å². The summed E-state index contributed by atoms with van der Waals surface area (Å²) in [5.41, 5.74) is 0.789. The number of rotatable bonds is 10. The van der Waals surface area contributed by atoms with E-state index < -0.39 is 18.2 Å². The Hall–Kier alpha value is -2.31. The molecule has 2 saturated carbocycles. The van der Waals surface area contributed by atoms with E-state index in [0.29, 0.717) is 5.92 Å². The molecular formula is C31H39F5O2. The van der Waals surface area contributed by atoms with Crippen molar-refractivity contribution in [3.05, 3.63) is 59.7 Å². The molecule has 0 unspecified atom stereocenters. The van der Waals surface area contributed by atoms with Crippen molar-refractivity contribution in [1.29, 1.82) is 0 Å². The van der Waals surface area contributed by atoms with E-state index in [4.69, 9.17) is 4.74 Å². The number of hydrogen-bond acceptors (Lipinski definition) is 2. The van der Waals surface area contributed by atoms with Crippen molar-refractivity contribution >= 4 is 0 Å². The normalized spacial score (nSPS) is 24.7. The fraction of sp³-hybridized carbons (Fsp3) is 0.613. The monoisotopic (exact) mass is 538 g/mol. The summed E-state index contributed by atoms with van der Waals surface area (Å²) in [5.74, 6) is 2.22. The lowest BCUT2D eigenvalue weighted by molar-refractivity contribution is -0.274. The molecule has 2 aromatic carbocycles. The van der Waals surface area contributed by atoms with Crippen molar-refractivity contribution < 1.29 is 31.4 Å². The highest BCUT2D eigenvalue weighted by Gasteiger charge is 2.36. The first-order valence-corrected chi connectivity index (χ1v) is 14.2. The molecule has 210 valence electrons. The van der Waals surface area contributed by atoms with Crippen LogP contribution in [0.4, 0.5) is 22.0 Å². The van der Waals surface area contributed by atoms with Gasteiger partial charge in [0.25, 0.3) is 0 Å². The van der Waals surface area contributed by atoms with Gasteiger partial charge in [0.2, 0.25) is 0 Å². The number of halogens is 5. The summed E-state index contributed by atoms with van der Waals surface area (Å²) in [6, 6.07) is 10.3. The minimum Gasteiger partial charge on any atom is -0.429 e. The van der Waals surface area contributed by atoms with Crippen LogP contribution in [-0.4, -0.2) is 6.36 Å². The Morgan fingerprint density at radius 2 is 1.18 bits per heavy atom. The maximum absolute atomic E-state index is 14.7. The lowest BCUT2D eigenvalue weighted by Gasteiger charge is -2.38. The Bertz CT molecular complexity index is 971. The fourth-order valence-corrected chi connectivity index (χ4v) is 6.42. The van der Waals surface area contributed by atoms with Gasteiger partial charge in [0.1, 0.15) is 11.5 Å². The first-order chi connectivity index (χ1) is 18.1. The van der Waals surface area contributed by atoms with Crippen molar-refractivity contribution in [3.63, 3.8) is 0 Å². The molecule has 0 bridgehead atoms. The summed E-state index contributed by atoms with van der Waals surface area (Å²) in [6.07, 6.45) is 7.09. The average Bonchev–Trinajstić information content (AvgIpc) is 2.90. The lowest BCUT2D eigenvalue weighted by Crippen LogP contribution is -2.25. The number of unbranched alkanes of at least 4 members (excludes halogenated alkanes) is 2. The zero-order valence-electron chi connectivity index (χ0n) is 22.1. The van der Waals surface area contributed by atoms with Gasteiger partial charge in [-0.25, -0.2) is 0 Å². The molecule has 0 atom stereocenters. The molecule has 2 aliphatic rings. The van der Waals surface area contributed by atoms with Gasteiger partial charge < -0.3 is 9.47 Å². The zero-order chi connectivity index (χ0) is 27.2. The molecule has 2 aliphatic carbocycles. The molecular weight excluding hydrogens is 499 g/mol. The molecule has 0 saturated heterocycles. The Balaban J connectivity index is 1.25. The van der Waals surface area contributed by atoms with Crippen molar-refractivity contribution in [2.45, 2.75) is 102 Å². The van der Waals surface area contributed by atoms with E-state index in [2.05, 4.69) is 11.7 Å². The van der Waals surface area contributed by atoms with Crippen LogP contribution in [0.2, 0.25) is 0 Å². The number of alkyl halides is 5. The smallest absolute Gasteiger partial charge is 0.429 e. The lowest BCUT2D eigenvalue weighted by atomic mass is 9.68. The van der Waals surface area contributed by atoms with E-state index in [0.717, 1.165) is 60.4 Å². The maximum Gasteiger partial charge on any atom is 0.573 e. The Morgan fingerprint density at radius 3 is 1.71 bits per heavy atom. The summed E-state index contributed by atoms with van der Waals surface area (Å²) < 4.78 is 74.9. The van der Waals surface area contributed by atoms with Crippen molar-refractivity contribution in [1.82, 2.24) is 0 Å². The highest BCUT2D eigenvalue weighted by atomic mass is 19.4. The van der Waals surface area contributed by atoms with Gasteiger partial charge in [-0.05, 0) is 104 Å². The van der Waals surface area contributed by atoms with Crippen LogP contribution >= 0.6 is 0 Å². The minimum absolute atomic E-state index is 0.248. The van der Waals surface area contributed by atoms with Crippen LogP contribution in [0.1, 0.15) is 101 Å². The quantitative estimate of drug-likeness (QED) is 0.221. The summed E-state index contributed by atoms with van der Waals surface area (Å²) in [6.45, 7) is 2.26. The van der Waals surface area contributed by atoms with Gasteiger partial charge in [-0.15, -0.1) is 13.2 Å². The zero-order valence-corrected chi connectivity index (χ0v) is 22.1. The van der Waals surface area contributed by atoms with Crippen LogP contribution < -0.4 is 9.47 Å². The highest BCUT2D eigenvalue weighted by molar-refractivity contribution is 5.33. The van der Waals surface area contributed by atoms with Crippen LogP contribution in [0.5, 0.6) is 11.5 Å². The van der Waals surface area contributed by atoms with Gasteiger partial charge >= 0.3 is 12.5 Å². The second-order valence-corrected chi connectivity index (χ2v) is 11.1. The molecule has 2 aromatic rings. The van der Waals surface area contributed by atoms with E-state index in [9.17, 15) is 22.0 Å². The molecule has 0 spiro atoms.